The topological polar surface area (TPSA) is 75.2 Å². The summed E-state index contributed by atoms with van der Waals surface area (Å²) in [6, 6.07) is 6.37. The second kappa shape index (κ2) is 12.0. The van der Waals surface area contributed by atoms with Crippen LogP contribution >= 0.6 is 0 Å². The van der Waals surface area contributed by atoms with Crippen molar-refractivity contribution in [3.8, 4) is 11.5 Å². The summed E-state index contributed by atoms with van der Waals surface area (Å²) in [5, 5.41) is 7.02. The summed E-state index contributed by atoms with van der Waals surface area (Å²) in [6.07, 6.45) is 3.71. The molecule has 2 N–H and O–H groups in total. The number of carbonyl (C=O) groups is 1. The van der Waals surface area contributed by atoms with Crippen molar-refractivity contribution in [1.29, 1.82) is 0 Å². The van der Waals surface area contributed by atoms with Gasteiger partial charge in [0, 0.05) is 44.1 Å². The van der Waals surface area contributed by atoms with Crippen molar-refractivity contribution in [1.82, 2.24) is 15.5 Å². The summed E-state index contributed by atoms with van der Waals surface area (Å²) >= 11 is 0. The van der Waals surface area contributed by atoms with Crippen LogP contribution in [0.2, 0.25) is 0 Å². The molecule has 0 spiro atoms. The summed E-state index contributed by atoms with van der Waals surface area (Å²) in [4.78, 5) is 19.1. The van der Waals surface area contributed by atoms with Crippen molar-refractivity contribution in [2.75, 3.05) is 40.9 Å². The number of piperidine rings is 1. The van der Waals surface area contributed by atoms with E-state index in [0.717, 1.165) is 61.8 Å². The first kappa shape index (κ1) is 25.8. The number of likely N-dealkylation sites (tertiary alicyclic amines) is 1. The van der Waals surface area contributed by atoms with E-state index in [-0.39, 0.29) is 11.3 Å². The van der Waals surface area contributed by atoms with E-state index in [2.05, 4.69) is 49.4 Å². The number of guanidine groups is 1. The van der Waals surface area contributed by atoms with Gasteiger partial charge in [0.25, 0.3) is 0 Å². The number of rotatable bonds is 9. The van der Waals surface area contributed by atoms with E-state index in [4.69, 9.17) is 9.47 Å². The lowest BCUT2D eigenvalue weighted by molar-refractivity contribution is -0.136. The third-order valence-electron chi connectivity index (χ3n) is 6.57. The molecule has 32 heavy (non-hydrogen) atoms. The Morgan fingerprint density at radius 1 is 1.16 bits per heavy atom. The minimum absolute atomic E-state index is 0.137. The Kier molecular flexibility index (Phi) is 9.66. The highest BCUT2D eigenvalue weighted by Gasteiger charge is 2.27. The number of hydrogen-bond donors (Lipinski definition) is 2. The number of nitrogens with zero attached hydrogens (tertiary/aromatic N) is 2. The van der Waals surface area contributed by atoms with Gasteiger partial charge in [-0.3, -0.25) is 9.79 Å². The number of aliphatic imine (C=N–C) groups is 1. The molecule has 180 valence electrons. The van der Waals surface area contributed by atoms with Crippen molar-refractivity contribution in [2.24, 2.45) is 10.9 Å². The van der Waals surface area contributed by atoms with E-state index in [9.17, 15) is 4.79 Å². The van der Waals surface area contributed by atoms with Crippen molar-refractivity contribution >= 4 is 11.9 Å². The van der Waals surface area contributed by atoms with Crippen molar-refractivity contribution in [2.45, 2.75) is 64.8 Å². The molecule has 2 rings (SSSR count). The van der Waals surface area contributed by atoms with Crippen LogP contribution in [0.3, 0.4) is 0 Å². The number of amides is 1. The molecular weight excluding hydrogens is 404 g/mol. The van der Waals surface area contributed by atoms with E-state index in [0.29, 0.717) is 18.5 Å². The monoisotopic (exact) mass is 446 g/mol. The summed E-state index contributed by atoms with van der Waals surface area (Å²) < 4.78 is 10.8. The Morgan fingerprint density at radius 3 is 2.31 bits per heavy atom. The number of carbonyl (C=O) groups excluding carboxylic acids is 1. The minimum Gasteiger partial charge on any atom is -0.493 e. The first-order chi connectivity index (χ1) is 15.3. The standard InChI is InChI=1S/C25H42N4O3/c1-8-18(9-2)23(30)29-14-12-20(13-15-29)28-24(26-5)27-17-25(3,4)19-10-11-21(31-6)22(16-19)32-7/h10-11,16,18,20H,8-9,12-15,17H2,1-7H3,(H2,26,27,28). The third kappa shape index (κ3) is 6.53. The van der Waals surface area contributed by atoms with Crippen molar-refractivity contribution in [3.63, 3.8) is 0 Å². The number of methoxy groups -OCH3 is 2. The second-order valence-electron chi connectivity index (χ2n) is 9.14. The van der Waals surface area contributed by atoms with Crippen LogP contribution in [0.25, 0.3) is 0 Å². The average molecular weight is 447 g/mol. The van der Waals surface area contributed by atoms with Gasteiger partial charge < -0.3 is 25.0 Å². The fourth-order valence-electron chi connectivity index (χ4n) is 4.19. The number of benzene rings is 1. The van der Waals surface area contributed by atoms with Gasteiger partial charge in [-0.05, 0) is 43.4 Å². The van der Waals surface area contributed by atoms with Crippen LogP contribution in [0.4, 0.5) is 0 Å². The van der Waals surface area contributed by atoms with Crippen LogP contribution in [0.5, 0.6) is 11.5 Å². The van der Waals surface area contributed by atoms with Gasteiger partial charge in [0.05, 0.1) is 14.2 Å². The van der Waals surface area contributed by atoms with Crippen molar-refractivity contribution < 1.29 is 14.3 Å². The summed E-state index contributed by atoms with van der Waals surface area (Å²) in [6.45, 7) is 10.9. The fourth-order valence-corrected chi connectivity index (χ4v) is 4.19. The Balaban J connectivity index is 1.90. The normalized spacial score (nSPS) is 15.6. The minimum atomic E-state index is -0.137. The molecule has 0 saturated carbocycles. The zero-order chi connectivity index (χ0) is 23.7. The molecular formula is C25H42N4O3. The molecule has 1 aliphatic heterocycles. The Labute approximate surface area is 194 Å². The highest BCUT2D eigenvalue weighted by molar-refractivity contribution is 5.80. The summed E-state index contributed by atoms with van der Waals surface area (Å²) in [5.41, 5.74) is 1.02. The molecule has 0 radical (unpaired) electrons. The van der Waals surface area contributed by atoms with Crippen LogP contribution in [0, 0.1) is 5.92 Å². The Morgan fingerprint density at radius 2 is 1.78 bits per heavy atom. The molecule has 7 heteroatoms. The van der Waals surface area contributed by atoms with E-state index >= 15 is 0 Å². The average Bonchev–Trinajstić information content (AvgIpc) is 2.82. The molecule has 1 aliphatic rings. The molecule has 0 atom stereocenters. The molecule has 0 aliphatic carbocycles. The third-order valence-corrected chi connectivity index (χ3v) is 6.57. The predicted molar refractivity (Wildman–Crippen MR) is 131 cm³/mol. The van der Waals surface area contributed by atoms with E-state index < -0.39 is 0 Å². The summed E-state index contributed by atoms with van der Waals surface area (Å²) in [5.74, 6) is 2.73. The van der Waals surface area contributed by atoms with E-state index in [1.54, 1.807) is 21.3 Å². The molecule has 1 saturated heterocycles. The maximum Gasteiger partial charge on any atom is 0.225 e. The quantitative estimate of drug-likeness (QED) is 0.448. The van der Waals surface area contributed by atoms with Gasteiger partial charge in [0.2, 0.25) is 5.91 Å². The molecule has 1 fully saturated rings. The van der Waals surface area contributed by atoms with E-state index in [1.807, 2.05) is 17.0 Å². The molecule has 1 aromatic rings. The molecule has 0 aromatic heterocycles. The molecule has 0 bridgehead atoms. The maximum atomic E-state index is 12.6. The smallest absolute Gasteiger partial charge is 0.225 e. The maximum absolute atomic E-state index is 12.6. The van der Waals surface area contributed by atoms with Crippen LogP contribution in [0.1, 0.15) is 58.9 Å². The second-order valence-corrected chi connectivity index (χ2v) is 9.14. The molecule has 7 nitrogen and oxygen atoms in total. The molecule has 0 unspecified atom stereocenters. The largest absolute Gasteiger partial charge is 0.493 e. The van der Waals surface area contributed by atoms with Gasteiger partial charge in [-0.2, -0.15) is 0 Å². The number of hydrogen-bond acceptors (Lipinski definition) is 4. The SMILES string of the molecule is CCC(CC)C(=O)N1CCC(NC(=NC)NCC(C)(C)c2ccc(OC)c(OC)c2)CC1. The molecule has 1 amide bonds. The number of nitrogens with one attached hydrogen (secondary N) is 2. The van der Waals surface area contributed by atoms with E-state index in [1.165, 1.54) is 0 Å². The van der Waals surface area contributed by atoms with Gasteiger partial charge >= 0.3 is 0 Å². The zero-order valence-corrected chi connectivity index (χ0v) is 21.0. The van der Waals surface area contributed by atoms with Crippen molar-refractivity contribution in [3.05, 3.63) is 23.8 Å². The van der Waals surface area contributed by atoms with Gasteiger partial charge in [-0.1, -0.05) is 33.8 Å². The summed E-state index contributed by atoms with van der Waals surface area (Å²) in [7, 11) is 5.10. The highest BCUT2D eigenvalue weighted by atomic mass is 16.5. The molecule has 1 aromatic carbocycles. The molecule has 1 heterocycles. The predicted octanol–water partition coefficient (Wildman–Crippen LogP) is 3.57. The van der Waals surface area contributed by atoms with Gasteiger partial charge in [0.1, 0.15) is 0 Å². The first-order valence-corrected chi connectivity index (χ1v) is 11.8. The zero-order valence-electron chi connectivity index (χ0n) is 21.0. The lowest BCUT2D eigenvalue weighted by Crippen LogP contribution is -2.51. The van der Waals surface area contributed by atoms with Gasteiger partial charge in [-0.25, -0.2) is 0 Å². The highest BCUT2D eigenvalue weighted by Crippen LogP contribution is 2.32. The van der Waals surface area contributed by atoms with Crippen LogP contribution in [0.15, 0.2) is 23.2 Å². The van der Waals surface area contributed by atoms with Gasteiger partial charge in [-0.15, -0.1) is 0 Å². The Hall–Kier alpha value is -2.44. The lowest BCUT2D eigenvalue weighted by atomic mass is 9.84. The first-order valence-electron chi connectivity index (χ1n) is 11.8. The van der Waals surface area contributed by atoms with Crippen LogP contribution in [-0.4, -0.2) is 63.7 Å². The van der Waals surface area contributed by atoms with Gasteiger partial charge in [0.15, 0.2) is 17.5 Å². The Bertz CT molecular complexity index is 766. The fraction of sp³-hybridized carbons (Fsp3) is 0.680. The number of ether oxygens (including phenoxy) is 2. The van der Waals surface area contributed by atoms with Crippen LogP contribution < -0.4 is 20.1 Å². The van der Waals surface area contributed by atoms with Crippen LogP contribution in [-0.2, 0) is 10.2 Å². The lowest BCUT2D eigenvalue weighted by Gasteiger charge is -2.35.